The van der Waals surface area contributed by atoms with Crippen molar-refractivity contribution in [2.75, 3.05) is 6.61 Å². The molecule has 0 saturated carbocycles. The van der Waals surface area contributed by atoms with Gasteiger partial charge in [0.25, 0.3) is 5.60 Å². The van der Waals surface area contributed by atoms with Crippen molar-refractivity contribution in [1.29, 1.82) is 0 Å². The molecule has 1 unspecified atom stereocenters. The number of cyclic esters (lactones) is 1. The van der Waals surface area contributed by atoms with Gasteiger partial charge in [-0.3, -0.25) is 0 Å². The van der Waals surface area contributed by atoms with E-state index in [1.54, 1.807) is 48.5 Å². The fourth-order valence-corrected chi connectivity index (χ4v) is 2.61. The molecule has 0 amide bonds. The molecule has 0 radical (unpaired) electrons. The van der Waals surface area contributed by atoms with Crippen molar-refractivity contribution in [2.45, 2.75) is 5.60 Å². The molecule has 2 aromatic rings. The largest absolute Gasteiger partial charge is 0.458 e. The summed E-state index contributed by atoms with van der Waals surface area (Å²) >= 11 is 0. The van der Waals surface area contributed by atoms with E-state index in [2.05, 4.69) is 6.58 Å². The van der Waals surface area contributed by atoms with Crippen LogP contribution in [-0.4, -0.2) is 18.5 Å². The normalized spacial score (nSPS) is 19.2. The van der Waals surface area contributed by atoms with Crippen molar-refractivity contribution < 1.29 is 19.1 Å². The first-order valence-corrected chi connectivity index (χ1v) is 6.86. The summed E-state index contributed by atoms with van der Waals surface area (Å²) in [6.07, 6.45) is 1.47. The van der Waals surface area contributed by atoms with E-state index in [1.807, 2.05) is 6.07 Å². The number of carbonyl (C=O) groups excluding carboxylic acids is 2. The Kier molecular flexibility index (Phi) is 3.51. The molecule has 0 spiro atoms. The number of esters is 2. The smallest absolute Gasteiger partial charge is 0.360 e. The Labute approximate surface area is 128 Å². The third-order valence-electron chi connectivity index (χ3n) is 3.57. The second kappa shape index (κ2) is 5.48. The van der Waals surface area contributed by atoms with Gasteiger partial charge in [0.1, 0.15) is 6.61 Å². The first-order valence-electron chi connectivity index (χ1n) is 6.86. The van der Waals surface area contributed by atoms with Crippen LogP contribution in [0.25, 0.3) is 0 Å². The van der Waals surface area contributed by atoms with Gasteiger partial charge in [-0.1, -0.05) is 61.2 Å². The van der Waals surface area contributed by atoms with Gasteiger partial charge in [-0.25, -0.2) is 9.59 Å². The molecule has 1 aliphatic rings. The van der Waals surface area contributed by atoms with Gasteiger partial charge < -0.3 is 9.47 Å². The predicted octanol–water partition coefficient (Wildman–Crippen LogP) is 2.83. The first-order chi connectivity index (χ1) is 10.7. The van der Waals surface area contributed by atoms with Crippen LogP contribution in [0.4, 0.5) is 0 Å². The van der Waals surface area contributed by atoms with Crippen LogP contribution >= 0.6 is 0 Å². The Bertz CT molecular complexity index is 736. The highest BCUT2D eigenvalue weighted by atomic mass is 16.6. The maximum Gasteiger partial charge on any atom is 0.360 e. The van der Waals surface area contributed by atoms with Crippen molar-refractivity contribution in [3.8, 4) is 0 Å². The Morgan fingerprint density at radius 2 is 1.82 bits per heavy atom. The number of benzene rings is 2. The van der Waals surface area contributed by atoms with Crippen LogP contribution in [0.15, 0.2) is 67.3 Å². The molecule has 0 aliphatic carbocycles. The second-order valence-corrected chi connectivity index (χ2v) is 4.87. The van der Waals surface area contributed by atoms with Crippen LogP contribution in [0.2, 0.25) is 0 Å². The highest BCUT2D eigenvalue weighted by Crippen LogP contribution is 2.42. The van der Waals surface area contributed by atoms with Crippen molar-refractivity contribution in [3.05, 3.63) is 83.9 Å². The van der Waals surface area contributed by atoms with Crippen LogP contribution in [-0.2, 0) is 19.9 Å². The predicted molar refractivity (Wildman–Crippen MR) is 80.2 cm³/mol. The third kappa shape index (κ3) is 2.00. The molecule has 1 aliphatic heterocycles. The SMILES string of the molecule is C=CCOC(=O)C1(c2ccccc2)OC(=O)c2ccccc21. The van der Waals surface area contributed by atoms with Gasteiger partial charge in [0, 0.05) is 11.1 Å². The molecule has 0 N–H and O–H groups in total. The lowest BCUT2D eigenvalue weighted by molar-refractivity contribution is -0.160. The molecule has 1 heterocycles. The summed E-state index contributed by atoms with van der Waals surface area (Å²) in [5.74, 6) is -1.16. The lowest BCUT2D eigenvalue weighted by atomic mass is 9.85. The lowest BCUT2D eigenvalue weighted by Crippen LogP contribution is -2.39. The first kappa shape index (κ1) is 14.1. The van der Waals surface area contributed by atoms with Gasteiger partial charge in [0.15, 0.2) is 0 Å². The summed E-state index contributed by atoms with van der Waals surface area (Å²) in [6.45, 7) is 3.58. The van der Waals surface area contributed by atoms with Crippen molar-refractivity contribution in [2.24, 2.45) is 0 Å². The summed E-state index contributed by atoms with van der Waals surface area (Å²) < 4.78 is 10.7. The summed E-state index contributed by atoms with van der Waals surface area (Å²) in [5, 5.41) is 0. The van der Waals surface area contributed by atoms with E-state index in [4.69, 9.17) is 9.47 Å². The Morgan fingerprint density at radius 3 is 2.55 bits per heavy atom. The number of hydrogen-bond acceptors (Lipinski definition) is 4. The molecule has 2 aromatic carbocycles. The van der Waals surface area contributed by atoms with E-state index < -0.39 is 17.5 Å². The zero-order valence-electron chi connectivity index (χ0n) is 11.8. The Balaban J connectivity index is 2.20. The van der Waals surface area contributed by atoms with Crippen LogP contribution in [0, 0.1) is 0 Å². The summed E-state index contributed by atoms with van der Waals surface area (Å²) in [7, 11) is 0. The van der Waals surface area contributed by atoms with Gasteiger partial charge in [-0.2, -0.15) is 0 Å². The maximum atomic E-state index is 12.7. The fourth-order valence-electron chi connectivity index (χ4n) is 2.61. The molecule has 0 aromatic heterocycles. The van der Waals surface area contributed by atoms with Crippen LogP contribution in [0.3, 0.4) is 0 Å². The minimum absolute atomic E-state index is 0.0487. The molecular formula is C18H14O4. The van der Waals surface area contributed by atoms with Gasteiger partial charge >= 0.3 is 11.9 Å². The zero-order chi connectivity index (χ0) is 15.6. The Morgan fingerprint density at radius 1 is 1.14 bits per heavy atom. The molecule has 0 fully saturated rings. The van der Waals surface area contributed by atoms with Gasteiger partial charge in [0.2, 0.25) is 0 Å². The van der Waals surface area contributed by atoms with Crippen molar-refractivity contribution >= 4 is 11.9 Å². The molecule has 0 saturated heterocycles. The van der Waals surface area contributed by atoms with E-state index in [9.17, 15) is 9.59 Å². The number of carbonyl (C=O) groups is 2. The second-order valence-electron chi connectivity index (χ2n) is 4.87. The fraction of sp³-hybridized carbons (Fsp3) is 0.111. The standard InChI is InChI=1S/C18H14O4/c1-2-12-21-17(20)18(13-8-4-3-5-9-13)15-11-7-6-10-14(15)16(19)22-18/h2-11H,1,12H2. The average Bonchev–Trinajstić information content (AvgIpc) is 2.88. The van der Waals surface area contributed by atoms with Gasteiger partial charge in [-0.05, 0) is 6.07 Å². The molecule has 4 nitrogen and oxygen atoms in total. The summed E-state index contributed by atoms with van der Waals surface area (Å²) in [4.78, 5) is 24.9. The van der Waals surface area contributed by atoms with E-state index in [1.165, 1.54) is 6.08 Å². The molecular weight excluding hydrogens is 280 g/mol. The molecule has 3 rings (SSSR count). The van der Waals surface area contributed by atoms with Gasteiger partial charge in [-0.15, -0.1) is 0 Å². The maximum absolute atomic E-state index is 12.7. The summed E-state index contributed by atoms with van der Waals surface area (Å²) in [5.41, 5.74) is -0.123. The molecule has 110 valence electrons. The van der Waals surface area contributed by atoms with Crippen molar-refractivity contribution in [3.63, 3.8) is 0 Å². The zero-order valence-corrected chi connectivity index (χ0v) is 11.8. The molecule has 0 bridgehead atoms. The van der Waals surface area contributed by atoms with Crippen molar-refractivity contribution in [1.82, 2.24) is 0 Å². The molecule has 4 heteroatoms. The minimum atomic E-state index is -1.56. The third-order valence-corrected chi connectivity index (χ3v) is 3.57. The highest BCUT2D eigenvalue weighted by molar-refractivity contribution is 6.02. The summed E-state index contributed by atoms with van der Waals surface area (Å²) in [6, 6.07) is 15.7. The van der Waals surface area contributed by atoms with Gasteiger partial charge in [0.05, 0.1) is 5.56 Å². The number of rotatable bonds is 4. The topological polar surface area (TPSA) is 52.6 Å². The minimum Gasteiger partial charge on any atom is -0.458 e. The van der Waals surface area contributed by atoms with E-state index in [-0.39, 0.29) is 6.61 Å². The Hall–Kier alpha value is -2.88. The number of fused-ring (bicyclic) bond motifs is 1. The lowest BCUT2D eigenvalue weighted by Gasteiger charge is -2.26. The molecule has 22 heavy (non-hydrogen) atoms. The average molecular weight is 294 g/mol. The van der Waals surface area contributed by atoms with E-state index >= 15 is 0 Å². The monoisotopic (exact) mass is 294 g/mol. The van der Waals surface area contributed by atoms with E-state index in [0.717, 1.165) is 0 Å². The highest BCUT2D eigenvalue weighted by Gasteiger charge is 2.54. The van der Waals surface area contributed by atoms with Crippen LogP contribution in [0.1, 0.15) is 21.5 Å². The van der Waals surface area contributed by atoms with E-state index in [0.29, 0.717) is 16.7 Å². The van der Waals surface area contributed by atoms with Crippen LogP contribution < -0.4 is 0 Å². The number of hydrogen-bond donors (Lipinski definition) is 0. The quantitative estimate of drug-likeness (QED) is 0.642. The van der Waals surface area contributed by atoms with Crippen LogP contribution in [0.5, 0.6) is 0 Å². The molecule has 1 atom stereocenters. The number of ether oxygens (including phenoxy) is 2.